The first-order chi connectivity index (χ1) is 10.7. The van der Waals surface area contributed by atoms with E-state index in [4.69, 9.17) is 4.42 Å². The van der Waals surface area contributed by atoms with E-state index in [1.54, 1.807) is 12.3 Å². The Morgan fingerprint density at radius 2 is 2.00 bits per heavy atom. The zero-order valence-corrected chi connectivity index (χ0v) is 14.4. The van der Waals surface area contributed by atoms with Gasteiger partial charge in [-0.05, 0) is 24.6 Å². The van der Waals surface area contributed by atoms with Crippen molar-refractivity contribution in [3.63, 3.8) is 0 Å². The predicted molar refractivity (Wildman–Crippen MR) is 85.4 cm³/mol. The summed E-state index contributed by atoms with van der Waals surface area (Å²) < 4.78 is 42.4. The molecule has 0 aliphatic heterocycles. The molecule has 0 saturated carbocycles. The Hall–Kier alpha value is -1.73. The van der Waals surface area contributed by atoms with Gasteiger partial charge in [-0.2, -0.15) is 0 Å². The maximum absolute atomic E-state index is 13.9. The average molecular weight is 340 g/mol. The fraction of sp³-hybridized carbons (Fsp3) is 0.438. The molecule has 1 unspecified atom stereocenters. The van der Waals surface area contributed by atoms with Gasteiger partial charge in [0.2, 0.25) is 5.89 Å². The summed E-state index contributed by atoms with van der Waals surface area (Å²) in [6, 6.07) is 3.96. The van der Waals surface area contributed by atoms with Gasteiger partial charge in [0.05, 0.1) is 12.7 Å². The molecule has 1 atom stereocenters. The van der Waals surface area contributed by atoms with Crippen LogP contribution in [-0.2, 0) is 16.4 Å². The number of rotatable bonds is 6. The van der Waals surface area contributed by atoms with E-state index in [1.807, 2.05) is 20.8 Å². The average Bonchev–Trinajstić information content (AvgIpc) is 2.92. The molecular formula is C16H21FN2O3S. The number of oxazole rings is 1. The van der Waals surface area contributed by atoms with Crippen LogP contribution in [0.3, 0.4) is 0 Å². The molecule has 1 aromatic carbocycles. The van der Waals surface area contributed by atoms with Gasteiger partial charge >= 0.3 is 0 Å². The number of sulfone groups is 1. The number of hydrogen-bond acceptors (Lipinski definition) is 5. The number of benzene rings is 1. The minimum atomic E-state index is -3.56. The molecule has 0 bridgehead atoms. The van der Waals surface area contributed by atoms with E-state index in [0.717, 1.165) is 12.0 Å². The van der Waals surface area contributed by atoms with Crippen LogP contribution in [0.2, 0.25) is 0 Å². The maximum Gasteiger partial charge on any atom is 0.208 e. The highest BCUT2D eigenvalue weighted by Crippen LogP contribution is 2.21. The van der Waals surface area contributed by atoms with Gasteiger partial charge in [-0.1, -0.05) is 19.9 Å². The normalized spacial score (nSPS) is 13.5. The lowest BCUT2D eigenvalue weighted by atomic mass is 10.1. The van der Waals surface area contributed by atoms with E-state index in [1.165, 1.54) is 12.1 Å². The van der Waals surface area contributed by atoms with Gasteiger partial charge in [0.25, 0.3) is 0 Å². The number of halogens is 1. The summed E-state index contributed by atoms with van der Waals surface area (Å²) in [5, 5.41) is 3.18. The van der Waals surface area contributed by atoms with Crippen LogP contribution in [0.1, 0.15) is 49.9 Å². The van der Waals surface area contributed by atoms with Crippen LogP contribution in [0, 0.1) is 5.82 Å². The van der Waals surface area contributed by atoms with Gasteiger partial charge in [-0.3, -0.25) is 0 Å². The van der Waals surface area contributed by atoms with Crippen molar-refractivity contribution in [3.05, 3.63) is 47.4 Å². The van der Waals surface area contributed by atoms with Crippen molar-refractivity contribution in [1.82, 2.24) is 10.3 Å². The number of nitrogens with zero attached hydrogens (tertiary/aromatic N) is 1. The first-order valence-corrected chi connectivity index (χ1v) is 9.25. The third-order valence-corrected chi connectivity index (χ3v) is 4.69. The Kier molecular flexibility index (Phi) is 5.21. The van der Waals surface area contributed by atoms with Crippen molar-refractivity contribution in [2.45, 2.75) is 44.2 Å². The molecule has 0 aliphatic carbocycles. The molecule has 0 radical (unpaired) electrons. The van der Waals surface area contributed by atoms with Crippen LogP contribution >= 0.6 is 0 Å². The molecule has 2 rings (SSSR count). The molecule has 0 aliphatic rings. The molecule has 7 heteroatoms. The molecule has 0 spiro atoms. The van der Waals surface area contributed by atoms with Crippen LogP contribution in [0.5, 0.6) is 0 Å². The minimum absolute atomic E-state index is 0.174. The van der Waals surface area contributed by atoms with E-state index in [-0.39, 0.29) is 16.9 Å². The summed E-state index contributed by atoms with van der Waals surface area (Å²) >= 11 is 0. The summed E-state index contributed by atoms with van der Waals surface area (Å²) in [5.41, 5.74) is 0.658. The third-order valence-electron chi connectivity index (χ3n) is 3.56. The first-order valence-electron chi connectivity index (χ1n) is 7.36. The molecule has 0 amide bonds. The van der Waals surface area contributed by atoms with Crippen molar-refractivity contribution >= 4 is 9.84 Å². The minimum Gasteiger partial charge on any atom is -0.444 e. The van der Waals surface area contributed by atoms with Crippen LogP contribution in [0.25, 0.3) is 0 Å². The second kappa shape index (κ2) is 6.80. The molecule has 1 aromatic heterocycles. The van der Waals surface area contributed by atoms with E-state index < -0.39 is 15.7 Å². The van der Waals surface area contributed by atoms with Crippen molar-refractivity contribution in [2.24, 2.45) is 0 Å². The highest BCUT2D eigenvalue weighted by atomic mass is 32.2. The fourth-order valence-corrected chi connectivity index (χ4v) is 2.85. The Bertz CT molecular complexity index is 784. The fourth-order valence-electron chi connectivity index (χ4n) is 2.12. The molecular weight excluding hydrogens is 319 g/mol. The first kappa shape index (κ1) is 17.6. The smallest absolute Gasteiger partial charge is 0.208 e. The monoisotopic (exact) mass is 340 g/mol. The van der Waals surface area contributed by atoms with Gasteiger partial charge in [-0.15, -0.1) is 0 Å². The molecule has 23 heavy (non-hydrogen) atoms. The Morgan fingerprint density at radius 3 is 2.52 bits per heavy atom. The summed E-state index contributed by atoms with van der Waals surface area (Å²) in [5.74, 6) is 0.912. The standard InChI is InChI=1S/C16H21FN2O3S/c1-10(2)14-8-19-16(22-14)9-18-11(3)12-5-6-15(13(17)7-12)23(4,20)21/h5-8,10-11,18H,9H2,1-4H3. The summed E-state index contributed by atoms with van der Waals surface area (Å²) in [6.45, 7) is 6.31. The topological polar surface area (TPSA) is 72.2 Å². The van der Waals surface area contributed by atoms with E-state index in [2.05, 4.69) is 10.3 Å². The quantitative estimate of drug-likeness (QED) is 0.874. The number of hydrogen-bond donors (Lipinski definition) is 1. The van der Waals surface area contributed by atoms with Crippen molar-refractivity contribution in [3.8, 4) is 0 Å². The summed E-state index contributed by atoms with van der Waals surface area (Å²) in [6.07, 6.45) is 2.69. The predicted octanol–water partition coefficient (Wildman–Crippen LogP) is 3.19. The van der Waals surface area contributed by atoms with E-state index in [9.17, 15) is 12.8 Å². The SMILES string of the molecule is CC(C)c1cnc(CNC(C)c2ccc(S(C)(=O)=O)c(F)c2)o1. The zero-order valence-electron chi connectivity index (χ0n) is 13.6. The van der Waals surface area contributed by atoms with Gasteiger partial charge in [0.15, 0.2) is 9.84 Å². The Labute approximate surface area is 135 Å². The summed E-state index contributed by atoms with van der Waals surface area (Å²) in [4.78, 5) is 3.90. The van der Waals surface area contributed by atoms with Crippen LogP contribution in [0.4, 0.5) is 4.39 Å². The van der Waals surface area contributed by atoms with Crippen LogP contribution in [0.15, 0.2) is 33.7 Å². The second-order valence-electron chi connectivity index (χ2n) is 5.88. The number of aromatic nitrogens is 1. The summed E-state index contributed by atoms with van der Waals surface area (Å²) in [7, 11) is -3.56. The Balaban J connectivity index is 2.05. The highest BCUT2D eigenvalue weighted by molar-refractivity contribution is 7.90. The van der Waals surface area contributed by atoms with E-state index >= 15 is 0 Å². The van der Waals surface area contributed by atoms with Gasteiger partial charge in [0, 0.05) is 18.2 Å². The van der Waals surface area contributed by atoms with Crippen molar-refractivity contribution in [2.75, 3.05) is 6.26 Å². The van der Waals surface area contributed by atoms with E-state index in [0.29, 0.717) is 18.0 Å². The van der Waals surface area contributed by atoms with Crippen LogP contribution < -0.4 is 5.32 Å². The lowest BCUT2D eigenvalue weighted by Gasteiger charge is -2.14. The van der Waals surface area contributed by atoms with Crippen molar-refractivity contribution < 1.29 is 17.2 Å². The molecule has 2 aromatic rings. The van der Waals surface area contributed by atoms with Gasteiger partial charge in [0.1, 0.15) is 16.5 Å². The molecule has 1 N–H and O–H groups in total. The molecule has 0 fully saturated rings. The molecule has 0 saturated heterocycles. The maximum atomic E-state index is 13.9. The third kappa shape index (κ3) is 4.39. The largest absolute Gasteiger partial charge is 0.444 e. The van der Waals surface area contributed by atoms with Gasteiger partial charge in [-0.25, -0.2) is 17.8 Å². The zero-order chi connectivity index (χ0) is 17.2. The highest BCUT2D eigenvalue weighted by Gasteiger charge is 2.16. The second-order valence-corrected chi connectivity index (χ2v) is 7.86. The molecule has 5 nitrogen and oxygen atoms in total. The lowest BCUT2D eigenvalue weighted by Crippen LogP contribution is -2.18. The molecule has 1 heterocycles. The number of nitrogens with one attached hydrogen (secondary N) is 1. The van der Waals surface area contributed by atoms with Crippen molar-refractivity contribution in [1.29, 1.82) is 0 Å². The van der Waals surface area contributed by atoms with Crippen LogP contribution in [-0.4, -0.2) is 19.7 Å². The molecule has 126 valence electrons. The Morgan fingerprint density at radius 1 is 1.30 bits per heavy atom. The lowest BCUT2D eigenvalue weighted by molar-refractivity contribution is 0.410. The van der Waals surface area contributed by atoms with Gasteiger partial charge < -0.3 is 9.73 Å².